The highest BCUT2D eigenvalue weighted by Crippen LogP contribution is 1.91. The molecule has 0 spiro atoms. The molecule has 38 valence electrons. The summed E-state index contributed by atoms with van der Waals surface area (Å²) in [6, 6.07) is 3.34. The topological polar surface area (TPSA) is 23.8 Å². The average Bonchev–Trinajstić information content (AvgIpc) is 1.69. The minimum atomic E-state index is 0.737. The van der Waals surface area contributed by atoms with Gasteiger partial charge in [-0.3, -0.25) is 0 Å². The Balaban J connectivity index is 2.60. The van der Waals surface area contributed by atoms with Crippen LogP contribution in [0.5, 0.6) is 0 Å². The SMILES string of the molecule is C[Si]CCCC#N. The van der Waals surface area contributed by atoms with Crippen LogP contribution in [0.1, 0.15) is 12.8 Å². The van der Waals surface area contributed by atoms with Gasteiger partial charge in [-0.05, 0) is 6.42 Å². The Morgan fingerprint density at radius 1 is 1.71 bits per heavy atom. The fourth-order valence-corrected chi connectivity index (χ4v) is 0.875. The van der Waals surface area contributed by atoms with E-state index in [0.29, 0.717) is 0 Å². The Morgan fingerprint density at radius 3 is 2.86 bits per heavy atom. The van der Waals surface area contributed by atoms with E-state index in [4.69, 9.17) is 5.26 Å². The molecule has 0 aromatic heterocycles. The predicted molar refractivity (Wildman–Crippen MR) is 31.3 cm³/mol. The lowest BCUT2D eigenvalue weighted by atomic mass is 10.4. The summed E-state index contributed by atoms with van der Waals surface area (Å²) >= 11 is 0. The standard InChI is InChI=1S/C5H9NSi/c1-7-5-3-2-4-6/h2-3,5H2,1H3. The summed E-state index contributed by atoms with van der Waals surface area (Å²) in [5.74, 6) is 0. The van der Waals surface area contributed by atoms with E-state index in [1.165, 1.54) is 6.04 Å². The molecule has 0 unspecified atom stereocenters. The zero-order valence-corrected chi connectivity index (χ0v) is 5.57. The highest BCUT2D eigenvalue weighted by molar-refractivity contribution is 6.33. The fraction of sp³-hybridized carbons (Fsp3) is 0.800. The Kier molecular flexibility index (Phi) is 5.47. The second-order valence-corrected chi connectivity index (χ2v) is 2.57. The van der Waals surface area contributed by atoms with Crippen LogP contribution in [-0.2, 0) is 0 Å². The van der Waals surface area contributed by atoms with E-state index in [1.54, 1.807) is 0 Å². The number of hydrogen-bond acceptors (Lipinski definition) is 1. The van der Waals surface area contributed by atoms with Crippen molar-refractivity contribution in [2.45, 2.75) is 25.4 Å². The maximum atomic E-state index is 8.05. The number of nitriles is 1. The molecule has 0 heterocycles. The average molecular weight is 111 g/mol. The summed E-state index contributed by atoms with van der Waals surface area (Å²) < 4.78 is 0. The Bertz CT molecular complexity index is 65.0. The molecule has 1 nitrogen and oxygen atoms in total. The minimum Gasteiger partial charge on any atom is -0.198 e. The monoisotopic (exact) mass is 111 g/mol. The van der Waals surface area contributed by atoms with Crippen LogP contribution in [-0.4, -0.2) is 9.52 Å². The summed E-state index contributed by atoms with van der Waals surface area (Å²) in [6.07, 6.45) is 1.83. The second-order valence-electron chi connectivity index (χ2n) is 1.37. The summed E-state index contributed by atoms with van der Waals surface area (Å²) in [6.45, 7) is 2.16. The van der Waals surface area contributed by atoms with Crippen LogP contribution < -0.4 is 0 Å². The van der Waals surface area contributed by atoms with Gasteiger partial charge in [-0.1, -0.05) is 12.6 Å². The van der Waals surface area contributed by atoms with E-state index < -0.39 is 0 Å². The first-order valence-electron chi connectivity index (χ1n) is 2.43. The normalized spacial score (nSPS) is 8.00. The smallest absolute Gasteiger partial charge is 0.0621 e. The van der Waals surface area contributed by atoms with Crippen molar-refractivity contribution in [1.29, 1.82) is 5.26 Å². The van der Waals surface area contributed by atoms with Crippen LogP contribution >= 0.6 is 0 Å². The maximum absolute atomic E-state index is 8.05. The van der Waals surface area contributed by atoms with Crippen molar-refractivity contribution in [2.75, 3.05) is 0 Å². The molecule has 2 heteroatoms. The molecule has 0 aliphatic carbocycles. The zero-order valence-electron chi connectivity index (χ0n) is 4.57. The lowest BCUT2D eigenvalue weighted by Crippen LogP contribution is -1.78. The lowest BCUT2D eigenvalue weighted by molar-refractivity contribution is 0.960. The third-order valence-corrected chi connectivity index (χ3v) is 1.57. The molecule has 0 amide bonds. The molecular weight excluding hydrogens is 102 g/mol. The molecule has 0 aromatic carbocycles. The van der Waals surface area contributed by atoms with Crippen LogP contribution in [0.2, 0.25) is 12.6 Å². The van der Waals surface area contributed by atoms with Crippen LogP contribution in [0.15, 0.2) is 0 Å². The van der Waals surface area contributed by atoms with Gasteiger partial charge in [0.05, 0.1) is 6.07 Å². The van der Waals surface area contributed by atoms with Crippen LogP contribution in [0.4, 0.5) is 0 Å². The molecule has 0 fully saturated rings. The largest absolute Gasteiger partial charge is 0.198 e. The third kappa shape index (κ3) is 5.71. The Hall–Kier alpha value is -0.293. The summed E-state index contributed by atoms with van der Waals surface area (Å²) in [5, 5.41) is 8.05. The van der Waals surface area contributed by atoms with Crippen molar-refractivity contribution in [3.63, 3.8) is 0 Å². The number of rotatable bonds is 3. The lowest BCUT2D eigenvalue weighted by Gasteiger charge is -1.83. The van der Waals surface area contributed by atoms with Crippen LogP contribution in [0.3, 0.4) is 0 Å². The Morgan fingerprint density at radius 2 is 2.43 bits per heavy atom. The summed E-state index contributed by atoms with van der Waals surface area (Å²) in [5.41, 5.74) is 0. The molecule has 0 saturated carbocycles. The zero-order chi connectivity index (χ0) is 5.54. The van der Waals surface area contributed by atoms with Crippen molar-refractivity contribution in [2.24, 2.45) is 0 Å². The van der Waals surface area contributed by atoms with Gasteiger partial charge >= 0.3 is 0 Å². The van der Waals surface area contributed by atoms with Crippen molar-refractivity contribution in [3.8, 4) is 6.07 Å². The maximum Gasteiger partial charge on any atom is 0.0621 e. The molecule has 0 aliphatic heterocycles. The quantitative estimate of drug-likeness (QED) is 0.399. The van der Waals surface area contributed by atoms with E-state index >= 15 is 0 Å². The summed E-state index contributed by atoms with van der Waals surface area (Å²) in [4.78, 5) is 0. The van der Waals surface area contributed by atoms with Gasteiger partial charge in [-0.25, -0.2) is 0 Å². The van der Waals surface area contributed by atoms with Gasteiger partial charge in [0.25, 0.3) is 0 Å². The molecule has 7 heavy (non-hydrogen) atoms. The number of nitrogens with zero attached hydrogens (tertiary/aromatic N) is 1. The molecule has 0 N–H and O–H groups in total. The molecule has 0 atom stereocenters. The van der Waals surface area contributed by atoms with Gasteiger partial charge in [0, 0.05) is 15.9 Å². The van der Waals surface area contributed by atoms with Crippen molar-refractivity contribution >= 4 is 9.52 Å². The third-order valence-electron chi connectivity index (χ3n) is 0.715. The van der Waals surface area contributed by atoms with Gasteiger partial charge in [0.15, 0.2) is 0 Å². The van der Waals surface area contributed by atoms with Crippen molar-refractivity contribution < 1.29 is 0 Å². The molecule has 0 saturated heterocycles. The summed E-state index contributed by atoms with van der Waals surface area (Å²) in [7, 11) is 1.02. The van der Waals surface area contributed by atoms with E-state index in [0.717, 1.165) is 22.4 Å². The van der Waals surface area contributed by atoms with Gasteiger partial charge in [0.1, 0.15) is 0 Å². The van der Waals surface area contributed by atoms with E-state index in [9.17, 15) is 0 Å². The first-order chi connectivity index (χ1) is 3.41. The molecule has 0 bridgehead atoms. The Labute approximate surface area is 47.2 Å². The van der Waals surface area contributed by atoms with Crippen LogP contribution in [0.25, 0.3) is 0 Å². The van der Waals surface area contributed by atoms with Gasteiger partial charge < -0.3 is 0 Å². The molecular formula is C5H9NSi. The molecule has 0 aliphatic rings. The van der Waals surface area contributed by atoms with Gasteiger partial charge in [-0.15, -0.1) is 0 Å². The number of unbranched alkanes of at least 4 members (excludes halogenated alkanes) is 1. The van der Waals surface area contributed by atoms with Crippen LogP contribution in [0, 0.1) is 11.3 Å². The van der Waals surface area contributed by atoms with E-state index in [1.807, 2.05) is 0 Å². The van der Waals surface area contributed by atoms with Gasteiger partial charge in [-0.2, -0.15) is 5.26 Å². The molecule has 0 rings (SSSR count). The second kappa shape index (κ2) is 5.71. The van der Waals surface area contributed by atoms with Crippen molar-refractivity contribution in [1.82, 2.24) is 0 Å². The van der Waals surface area contributed by atoms with E-state index in [-0.39, 0.29) is 0 Å². The molecule has 2 radical (unpaired) electrons. The van der Waals surface area contributed by atoms with Gasteiger partial charge in [0.2, 0.25) is 0 Å². The predicted octanol–water partition coefficient (Wildman–Crippen LogP) is 1.46. The minimum absolute atomic E-state index is 0.737. The fourth-order valence-electron chi connectivity index (χ4n) is 0.344. The highest BCUT2D eigenvalue weighted by atomic mass is 28.2. The first kappa shape index (κ1) is 6.71. The first-order valence-corrected chi connectivity index (χ1v) is 4.14. The van der Waals surface area contributed by atoms with E-state index in [2.05, 4.69) is 12.6 Å². The molecule has 0 aromatic rings. The van der Waals surface area contributed by atoms with Crippen molar-refractivity contribution in [3.05, 3.63) is 0 Å². The highest BCUT2D eigenvalue weighted by Gasteiger charge is 1.80. The number of hydrogen-bond donors (Lipinski definition) is 0.